The summed E-state index contributed by atoms with van der Waals surface area (Å²) in [6.07, 6.45) is 0.475. The molecule has 4 aromatic rings. The lowest BCUT2D eigenvalue weighted by atomic mass is 10.0. The van der Waals surface area contributed by atoms with Gasteiger partial charge in [-0.3, -0.25) is 19.5 Å². The zero-order chi connectivity index (χ0) is 26.6. The van der Waals surface area contributed by atoms with Crippen LogP contribution in [0.4, 0.5) is 10.1 Å². The van der Waals surface area contributed by atoms with E-state index < -0.39 is 11.7 Å². The first-order chi connectivity index (χ1) is 18.3. The largest absolute Gasteiger partial charge is 0.497 e. The number of fused-ring (bicyclic) bond motifs is 2. The van der Waals surface area contributed by atoms with Crippen LogP contribution in [-0.4, -0.2) is 51.5 Å². The van der Waals surface area contributed by atoms with Crippen molar-refractivity contribution in [1.29, 1.82) is 0 Å². The van der Waals surface area contributed by atoms with Gasteiger partial charge in [-0.05, 0) is 48.0 Å². The van der Waals surface area contributed by atoms with Crippen LogP contribution in [0.5, 0.6) is 5.75 Å². The third-order valence-corrected chi connectivity index (χ3v) is 7.45. The number of nitrogens with zero attached hydrogens (tertiary/aromatic N) is 4. The molecule has 38 heavy (non-hydrogen) atoms. The predicted molar refractivity (Wildman–Crippen MR) is 139 cm³/mol. The van der Waals surface area contributed by atoms with Crippen LogP contribution in [0.3, 0.4) is 0 Å². The minimum atomic E-state index is -0.575. The summed E-state index contributed by atoms with van der Waals surface area (Å²) in [5.74, 6) is -0.846. The number of anilines is 1. The number of hydrogen-bond donors (Lipinski definition) is 1. The number of halogens is 2. The second-order valence-corrected chi connectivity index (χ2v) is 9.85. The van der Waals surface area contributed by atoms with Crippen molar-refractivity contribution in [1.82, 2.24) is 19.5 Å². The van der Waals surface area contributed by atoms with Crippen molar-refractivity contribution in [2.24, 2.45) is 5.92 Å². The molecule has 2 aromatic carbocycles. The van der Waals surface area contributed by atoms with Crippen molar-refractivity contribution in [2.75, 3.05) is 25.1 Å². The van der Waals surface area contributed by atoms with E-state index in [1.54, 1.807) is 12.0 Å². The number of carbonyl (C=O) groups excluding carboxylic acids is 2. The average molecular weight is 536 g/mol. The van der Waals surface area contributed by atoms with Crippen LogP contribution in [0.1, 0.15) is 17.7 Å². The van der Waals surface area contributed by atoms with E-state index in [2.05, 4.69) is 5.10 Å². The number of H-pyrrole nitrogens is 1. The summed E-state index contributed by atoms with van der Waals surface area (Å²) in [4.78, 5) is 47.2. The number of methoxy groups -OCH3 is 1. The van der Waals surface area contributed by atoms with Crippen molar-refractivity contribution < 1.29 is 18.7 Å². The smallest absolute Gasteiger partial charge is 0.277 e. The molecule has 9 nitrogen and oxygen atoms in total. The third kappa shape index (κ3) is 4.10. The third-order valence-electron chi connectivity index (χ3n) is 7.16. The summed E-state index contributed by atoms with van der Waals surface area (Å²) in [7, 11) is 1.60. The summed E-state index contributed by atoms with van der Waals surface area (Å²) >= 11 is 5.88. The maximum atomic E-state index is 13.6. The fourth-order valence-electron chi connectivity index (χ4n) is 5.12. The molecule has 1 N–H and O–H groups in total. The first-order valence-corrected chi connectivity index (χ1v) is 12.5. The van der Waals surface area contributed by atoms with E-state index in [1.165, 1.54) is 27.6 Å². The molecule has 11 heteroatoms. The molecule has 1 fully saturated rings. The molecule has 0 saturated carbocycles. The Balaban J connectivity index is 1.23. The number of aromatic nitrogens is 3. The molecule has 0 radical (unpaired) electrons. The van der Waals surface area contributed by atoms with Crippen molar-refractivity contribution in [3.05, 3.63) is 81.0 Å². The molecule has 2 aliphatic heterocycles. The summed E-state index contributed by atoms with van der Waals surface area (Å²) in [6.45, 7) is 0.686. The summed E-state index contributed by atoms with van der Waals surface area (Å²) in [5, 5.41) is 3.03. The Labute approximate surface area is 221 Å². The van der Waals surface area contributed by atoms with Gasteiger partial charge in [0.05, 0.1) is 41.5 Å². The standard InChI is InChI=1S/C27H23ClFN5O4/c1-38-18-5-2-15(3-6-18)23-12-24-30-22-8-9-32(14-19(22)27(37)34(24)31-23)26(36)16-10-25(35)33(13-16)17-4-7-21(29)20(28)11-17/h2-7,11-12,16,31H,8-10,13-14H2,1H3/t16-/m0/s1. The van der Waals surface area contributed by atoms with Gasteiger partial charge in [0.1, 0.15) is 11.6 Å². The molecular weight excluding hydrogens is 513 g/mol. The van der Waals surface area contributed by atoms with E-state index in [0.29, 0.717) is 35.6 Å². The highest BCUT2D eigenvalue weighted by atomic mass is 35.5. The minimum Gasteiger partial charge on any atom is -0.497 e. The number of carbonyl (C=O) groups is 2. The fourth-order valence-corrected chi connectivity index (χ4v) is 5.30. The molecule has 194 valence electrons. The topological polar surface area (TPSA) is 100 Å². The average Bonchev–Trinajstić information content (AvgIpc) is 3.54. The maximum Gasteiger partial charge on any atom is 0.277 e. The molecule has 1 saturated heterocycles. The van der Waals surface area contributed by atoms with Gasteiger partial charge in [-0.15, -0.1) is 0 Å². The van der Waals surface area contributed by atoms with Gasteiger partial charge in [-0.2, -0.15) is 0 Å². The second-order valence-electron chi connectivity index (χ2n) is 9.45. The summed E-state index contributed by atoms with van der Waals surface area (Å²) < 4.78 is 20.2. The van der Waals surface area contributed by atoms with Gasteiger partial charge in [-0.25, -0.2) is 13.9 Å². The lowest BCUT2D eigenvalue weighted by molar-refractivity contribution is -0.136. The highest BCUT2D eigenvalue weighted by Gasteiger charge is 2.38. The molecule has 4 heterocycles. The second kappa shape index (κ2) is 9.29. The van der Waals surface area contributed by atoms with Gasteiger partial charge in [0.25, 0.3) is 5.56 Å². The van der Waals surface area contributed by atoms with Gasteiger partial charge in [0.2, 0.25) is 11.8 Å². The van der Waals surface area contributed by atoms with Gasteiger partial charge in [0.15, 0.2) is 5.65 Å². The Hall–Kier alpha value is -4.18. The number of benzene rings is 2. The Morgan fingerprint density at radius 1 is 1.16 bits per heavy atom. The Bertz CT molecular complexity index is 1650. The molecule has 0 spiro atoms. The van der Waals surface area contributed by atoms with E-state index in [0.717, 1.165) is 17.0 Å². The van der Waals surface area contributed by atoms with Gasteiger partial charge < -0.3 is 14.5 Å². The van der Waals surface area contributed by atoms with Gasteiger partial charge in [-0.1, -0.05) is 11.6 Å². The number of ether oxygens (including phenoxy) is 1. The van der Waals surface area contributed by atoms with Crippen LogP contribution in [0.15, 0.2) is 53.3 Å². The highest BCUT2D eigenvalue weighted by molar-refractivity contribution is 6.31. The van der Waals surface area contributed by atoms with Crippen LogP contribution in [0.2, 0.25) is 5.02 Å². The molecule has 0 unspecified atom stereocenters. The Morgan fingerprint density at radius 3 is 2.68 bits per heavy atom. The molecule has 1 atom stereocenters. The fraction of sp³-hybridized carbons (Fsp3) is 0.259. The van der Waals surface area contributed by atoms with Crippen molar-refractivity contribution in [3.63, 3.8) is 0 Å². The zero-order valence-electron chi connectivity index (χ0n) is 20.4. The predicted octanol–water partition coefficient (Wildman–Crippen LogP) is 3.43. The van der Waals surface area contributed by atoms with Crippen molar-refractivity contribution in [3.8, 4) is 17.0 Å². The number of hydrogen-bond acceptors (Lipinski definition) is 5. The quantitative estimate of drug-likeness (QED) is 0.431. The van der Waals surface area contributed by atoms with Gasteiger partial charge in [0, 0.05) is 37.7 Å². The molecule has 2 amide bonds. The van der Waals surface area contributed by atoms with E-state index in [4.69, 9.17) is 21.3 Å². The summed E-state index contributed by atoms with van der Waals surface area (Å²) in [6, 6.07) is 13.3. The van der Waals surface area contributed by atoms with Crippen LogP contribution in [0, 0.1) is 11.7 Å². The molecule has 0 aliphatic carbocycles. The van der Waals surface area contributed by atoms with E-state index in [9.17, 15) is 18.8 Å². The van der Waals surface area contributed by atoms with Crippen LogP contribution in [0.25, 0.3) is 16.9 Å². The number of amides is 2. The monoisotopic (exact) mass is 535 g/mol. The van der Waals surface area contributed by atoms with Crippen molar-refractivity contribution >= 4 is 34.7 Å². The molecule has 2 aromatic heterocycles. The maximum absolute atomic E-state index is 13.6. The Kier molecular flexibility index (Phi) is 5.91. The van der Waals surface area contributed by atoms with E-state index >= 15 is 0 Å². The normalized spacial score (nSPS) is 17.2. The number of aromatic amines is 1. The van der Waals surface area contributed by atoms with E-state index in [1.807, 2.05) is 30.3 Å². The SMILES string of the molecule is COc1ccc(-c2cc3nc4c(c(=O)n3[nH]2)CN(C(=O)[C@H]2CC(=O)N(c3ccc(F)c(Cl)c3)C2)CC4)cc1. The summed E-state index contributed by atoms with van der Waals surface area (Å²) in [5.41, 5.74) is 3.44. The van der Waals surface area contributed by atoms with Crippen molar-refractivity contribution in [2.45, 2.75) is 19.4 Å². The first kappa shape index (κ1) is 24.2. The van der Waals surface area contributed by atoms with Gasteiger partial charge >= 0.3 is 0 Å². The molecular formula is C27H23ClFN5O4. The number of rotatable bonds is 4. The number of nitrogens with one attached hydrogen (secondary N) is 1. The molecule has 6 rings (SSSR count). The lowest BCUT2D eigenvalue weighted by Gasteiger charge is -2.29. The molecule has 2 aliphatic rings. The van der Waals surface area contributed by atoms with E-state index in [-0.39, 0.29) is 41.9 Å². The lowest BCUT2D eigenvalue weighted by Crippen LogP contribution is -2.43. The minimum absolute atomic E-state index is 0.0370. The Morgan fingerprint density at radius 2 is 1.95 bits per heavy atom. The van der Waals surface area contributed by atoms with Crippen LogP contribution >= 0.6 is 11.6 Å². The zero-order valence-corrected chi connectivity index (χ0v) is 21.2. The first-order valence-electron chi connectivity index (χ1n) is 12.1. The van der Waals surface area contributed by atoms with Crippen LogP contribution < -0.4 is 15.2 Å². The van der Waals surface area contributed by atoms with Crippen LogP contribution in [-0.2, 0) is 22.6 Å². The highest BCUT2D eigenvalue weighted by Crippen LogP contribution is 2.30. The molecule has 0 bridgehead atoms.